The molecule has 0 aliphatic heterocycles. The summed E-state index contributed by atoms with van der Waals surface area (Å²) in [6, 6.07) is 1.79. The predicted octanol–water partition coefficient (Wildman–Crippen LogP) is 1.57. The van der Waals surface area contributed by atoms with Crippen molar-refractivity contribution >= 4 is 6.09 Å². The van der Waals surface area contributed by atoms with Crippen LogP contribution in [0.4, 0.5) is 4.79 Å². The fourth-order valence-electron chi connectivity index (χ4n) is 1.03. The quantitative estimate of drug-likeness (QED) is 0.739. The molecule has 0 fully saturated rings. The normalized spacial score (nSPS) is 9.93. The van der Waals surface area contributed by atoms with Crippen molar-refractivity contribution in [3.63, 3.8) is 0 Å². The number of aromatic nitrogens is 1. The summed E-state index contributed by atoms with van der Waals surface area (Å²) >= 11 is 0. The van der Waals surface area contributed by atoms with E-state index in [1.54, 1.807) is 27.0 Å². The molecule has 0 spiro atoms. The minimum Gasteiger partial charge on any atom is -0.450 e. The number of nitrogens with zero attached hydrogens (tertiary/aromatic N) is 2. The van der Waals surface area contributed by atoms with Gasteiger partial charge in [-0.3, -0.25) is 0 Å². The van der Waals surface area contributed by atoms with Gasteiger partial charge in [0.1, 0.15) is 11.5 Å². The molecule has 0 bridgehead atoms. The molecule has 0 atom stereocenters. The van der Waals surface area contributed by atoms with Crippen molar-refractivity contribution in [2.24, 2.45) is 0 Å². The van der Waals surface area contributed by atoms with E-state index in [4.69, 9.17) is 9.26 Å². The molecule has 1 rings (SSSR count). The molecule has 14 heavy (non-hydrogen) atoms. The smallest absolute Gasteiger partial charge is 0.409 e. The average molecular weight is 198 g/mol. The third-order valence-electron chi connectivity index (χ3n) is 1.66. The lowest BCUT2D eigenvalue weighted by atomic mass is 10.4. The van der Waals surface area contributed by atoms with E-state index in [2.05, 4.69) is 5.16 Å². The Bertz CT molecular complexity index is 309. The molecule has 0 saturated heterocycles. The van der Waals surface area contributed by atoms with E-state index in [1.165, 1.54) is 4.90 Å². The van der Waals surface area contributed by atoms with Crippen molar-refractivity contribution in [2.75, 3.05) is 13.7 Å². The van der Waals surface area contributed by atoms with E-state index in [-0.39, 0.29) is 6.09 Å². The molecule has 0 aliphatic carbocycles. The lowest BCUT2D eigenvalue weighted by Crippen LogP contribution is -2.26. The van der Waals surface area contributed by atoms with Crippen molar-refractivity contribution in [3.05, 3.63) is 17.5 Å². The molecule has 0 aliphatic rings. The summed E-state index contributed by atoms with van der Waals surface area (Å²) < 4.78 is 9.69. The Kier molecular flexibility index (Phi) is 3.50. The zero-order chi connectivity index (χ0) is 10.6. The van der Waals surface area contributed by atoms with Gasteiger partial charge in [-0.1, -0.05) is 5.16 Å². The summed E-state index contributed by atoms with van der Waals surface area (Å²) in [5, 5.41) is 3.77. The van der Waals surface area contributed by atoms with Gasteiger partial charge in [0.25, 0.3) is 0 Å². The Morgan fingerprint density at radius 3 is 2.93 bits per heavy atom. The van der Waals surface area contributed by atoms with Crippen LogP contribution in [-0.2, 0) is 11.3 Å². The maximum Gasteiger partial charge on any atom is 0.409 e. The second-order valence-corrected chi connectivity index (χ2v) is 2.98. The molecule has 0 N–H and O–H groups in total. The molecule has 5 nitrogen and oxygen atoms in total. The average Bonchev–Trinajstić information content (AvgIpc) is 2.51. The van der Waals surface area contributed by atoms with Gasteiger partial charge in [0.05, 0.1) is 13.2 Å². The number of rotatable bonds is 3. The van der Waals surface area contributed by atoms with Crippen molar-refractivity contribution in [1.29, 1.82) is 0 Å². The van der Waals surface area contributed by atoms with Crippen LogP contribution in [-0.4, -0.2) is 29.8 Å². The summed E-state index contributed by atoms with van der Waals surface area (Å²) in [6.45, 7) is 4.35. The van der Waals surface area contributed by atoms with Crippen LogP contribution in [0.15, 0.2) is 10.6 Å². The van der Waals surface area contributed by atoms with Crippen molar-refractivity contribution in [2.45, 2.75) is 20.4 Å². The van der Waals surface area contributed by atoms with Gasteiger partial charge in [0.2, 0.25) is 0 Å². The van der Waals surface area contributed by atoms with E-state index in [9.17, 15) is 4.79 Å². The summed E-state index contributed by atoms with van der Waals surface area (Å²) in [4.78, 5) is 12.6. The highest BCUT2D eigenvalue weighted by Gasteiger charge is 2.11. The molecule has 0 aromatic carbocycles. The molecule has 0 saturated carbocycles. The highest BCUT2D eigenvalue weighted by molar-refractivity contribution is 5.67. The predicted molar refractivity (Wildman–Crippen MR) is 49.7 cm³/mol. The van der Waals surface area contributed by atoms with Crippen LogP contribution in [0.5, 0.6) is 0 Å². The number of ether oxygens (including phenoxy) is 1. The molecule has 78 valence electrons. The third kappa shape index (κ3) is 2.76. The summed E-state index contributed by atoms with van der Waals surface area (Å²) in [5.41, 5.74) is 0.720. The SMILES string of the molecule is CCOC(=O)N(C)Cc1cc(C)on1. The molecular weight excluding hydrogens is 184 g/mol. The maximum absolute atomic E-state index is 11.2. The van der Waals surface area contributed by atoms with Gasteiger partial charge in [-0.2, -0.15) is 0 Å². The first-order chi connectivity index (χ1) is 6.63. The highest BCUT2D eigenvalue weighted by atomic mass is 16.6. The topological polar surface area (TPSA) is 55.6 Å². The number of carbonyl (C=O) groups is 1. The summed E-state index contributed by atoms with van der Waals surface area (Å²) in [5.74, 6) is 0.734. The number of amides is 1. The van der Waals surface area contributed by atoms with Gasteiger partial charge in [-0.05, 0) is 13.8 Å². The lowest BCUT2D eigenvalue weighted by molar-refractivity contribution is 0.113. The minimum atomic E-state index is -0.354. The first-order valence-corrected chi connectivity index (χ1v) is 4.43. The molecule has 1 heterocycles. The minimum absolute atomic E-state index is 0.354. The van der Waals surface area contributed by atoms with Gasteiger partial charge in [0, 0.05) is 13.1 Å². The van der Waals surface area contributed by atoms with E-state index in [0.29, 0.717) is 13.2 Å². The molecule has 0 unspecified atom stereocenters. The third-order valence-corrected chi connectivity index (χ3v) is 1.66. The fourth-order valence-corrected chi connectivity index (χ4v) is 1.03. The van der Waals surface area contributed by atoms with Crippen molar-refractivity contribution < 1.29 is 14.1 Å². The van der Waals surface area contributed by atoms with Crippen LogP contribution in [0, 0.1) is 6.92 Å². The second-order valence-electron chi connectivity index (χ2n) is 2.98. The van der Waals surface area contributed by atoms with Crippen LogP contribution in [0.2, 0.25) is 0 Å². The van der Waals surface area contributed by atoms with Gasteiger partial charge >= 0.3 is 6.09 Å². The number of carbonyl (C=O) groups excluding carboxylic acids is 1. The summed E-state index contributed by atoms with van der Waals surface area (Å²) in [6.07, 6.45) is -0.354. The Morgan fingerprint density at radius 1 is 1.71 bits per heavy atom. The molecule has 5 heteroatoms. The van der Waals surface area contributed by atoms with Crippen LogP contribution < -0.4 is 0 Å². The zero-order valence-corrected chi connectivity index (χ0v) is 8.61. The van der Waals surface area contributed by atoms with Gasteiger partial charge in [-0.25, -0.2) is 4.79 Å². The van der Waals surface area contributed by atoms with E-state index in [1.807, 2.05) is 0 Å². The second kappa shape index (κ2) is 4.64. The van der Waals surface area contributed by atoms with Crippen LogP contribution in [0.1, 0.15) is 18.4 Å². The maximum atomic E-state index is 11.2. The van der Waals surface area contributed by atoms with Crippen molar-refractivity contribution in [3.8, 4) is 0 Å². The van der Waals surface area contributed by atoms with Gasteiger partial charge < -0.3 is 14.2 Å². The van der Waals surface area contributed by atoms with E-state index in [0.717, 1.165) is 11.5 Å². The first kappa shape index (κ1) is 10.6. The monoisotopic (exact) mass is 198 g/mol. The Labute approximate surface area is 82.6 Å². The van der Waals surface area contributed by atoms with Gasteiger partial charge in [-0.15, -0.1) is 0 Å². The number of hydrogen-bond acceptors (Lipinski definition) is 4. The molecule has 1 aromatic rings. The number of aryl methyl sites for hydroxylation is 1. The van der Waals surface area contributed by atoms with Crippen molar-refractivity contribution in [1.82, 2.24) is 10.1 Å². The standard InChI is InChI=1S/C9H14N2O3/c1-4-13-9(12)11(3)6-8-5-7(2)14-10-8/h5H,4,6H2,1-3H3. The molecule has 1 amide bonds. The molecule has 1 aromatic heterocycles. The molecular formula is C9H14N2O3. The Balaban J connectivity index is 2.48. The van der Waals surface area contributed by atoms with E-state index < -0.39 is 0 Å². The Hall–Kier alpha value is -1.52. The largest absolute Gasteiger partial charge is 0.450 e. The highest BCUT2D eigenvalue weighted by Crippen LogP contribution is 2.05. The first-order valence-electron chi connectivity index (χ1n) is 4.43. The van der Waals surface area contributed by atoms with E-state index >= 15 is 0 Å². The number of hydrogen-bond donors (Lipinski definition) is 0. The molecule has 0 radical (unpaired) electrons. The Morgan fingerprint density at radius 2 is 2.43 bits per heavy atom. The van der Waals surface area contributed by atoms with Crippen LogP contribution >= 0.6 is 0 Å². The zero-order valence-electron chi connectivity index (χ0n) is 8.61. The van der Waals surface area contributed by atoms with Crippen LogP contribution in [0.25, 0.3) is 0 Å². The van der Waals surface area contributed by atoms with Crippen LogP contribution in [0.3, 0.4) is 0 Å². The van der Waals surface area contributed by atoms with Gasteiger partial charge in [0.15, 0.2) is 0 Å². The fraction of sp³-hybridized carbons (Fsp3) is 0.556. The lowest BCUT2D eigenvalue weighted by Gasteiger charge is -2.14. The summed E-state index contributed by atoms with van der Waals surface area (Å²) in [7, 11) is 1.65.